The fourth-order valence-corrected chi connectivity index (χ4v) is 1.64. The first-order chi connectivity index (χ1) is 9.72. The summed E-state index contributed by atoms with van der Waals surface area (Å²) in [5, 5.41) is 6.03. The van der Waals surface area contributed by atoms with Crippen LogP contribution in [0.2, 0.25) is 0 Å². The monoisotopic (exact) mass is 316 g/mol. The van der Waals surface area contributed by atoms with Gasteiger partial charge in [0.2, 0.25) is 5.91 Å². The highest BCUT2D eigenvalue weighted by Gasteiger charge is 2.04. The third-order valence-corrected chi connectivity index (χ3v) is 2.63. The molecule has 0 saturated carbocycles. The van der Waals surface area contributed by atoms with E-state index in [1.54, 1.807) is 0 Å². The molecule has 0 aliphatic rings. The van der Waals surface area contributed by atoms with Gasteiger partial charge in [-0.25, -0.2) is 0 Å². The number of hydrogen-bond donors (Lipinski definition) is 2. The Hall–Kier alpha value is -1.30. The van der Waals surface area contributed by atoms with Crippen LogP contribution in [0, 0.1) is 0 Å². The number of ether oxygens (including phenoxy) is 2. The molecule has 6 heteroatoms. The summed E-state index contributed by atoms with van der Waals surface area (Å²) in [6, 6.07) is 9.79. The summed E-state index contributed by atoms with van der Waals surface area (Å²) < 4.78 is 10.7. The first kappa shape index (κ1) is 19.7. The molecule has 120 valence electrons. The van der Waals surface area contributed by atoms with Crippen LogP contribution in [0.5, 0.6) is 5.75 Å². The Bertz CT molecular complexity index is 376. The Morgan fingerprint density at radius 1 is 1.24 bits per heavy atom. The molecule has 1 aromatic rings. The highest BCUT2D eigenvalue weighted by molar-refractivity contribution is 5.85. The molecule has 0 unspecified atom stereocenters. The van der Waals surface area contributed by atoms with Crippen LogP contribution in [0.3, 0.4) is 0 Å². The lowest BCUT2D eigenvalue weighted by Gasteiger charge is -2.13. The first-order valence-corrected chi connectivity index (χ1v) is 6.98. The van der Waals surface area contributed by atoms with Gasteiger partial charge in [0, 0.05) is 12.6 Å². The molecule has 0 aromatic heterocycles. The highest BCUT2D eigenvalue weighted by atomic mass is 35.5. The number of hydrogen-bond acceptors (Lipinski definition) is 4. The van der Waals surface area contributed by atoms with Crippen molar-refractivity contribution < 1.29 is 14.3 Å². The zero-order valence-electron chi connectivity index (χ0n) is 12.6. The Morgan fingerprint density at radius 2 is 1.95 bits per heavy atom. The number of para-hydroxylation sites is 1. The predicted octanol–water partition coefficient (Wildman–Crippen LogP) is 1.62. The van der Waals surface area contributed by atoms with Gasteiger partial charge in [-0.1, -0.05) is 25.1 Å². The van der Waals surface area contributed by atoms with E-state index >= 15 is 0 Å². The molecular formula is C15H25ClN2O3. The molecule has 0 radical (unpaired) electrons. The van der Waals surface area contributed by atoms with Crippen molar-refractivity contribution in [3.05, 3.63) is 30.3 Å². The number of benzene rings is 1. The van der Waals surface area contributed by atoms with Crippen molar-refractivity contribution in [3.63, 3.8) is 0 Å². The van der Waals surface area contributed by atoms with E-state index in [1.165, 1.54) is 0 Å². The summed E-state index contributed by atoms with van der Waals surface area (Å²) in [6.45, 7) is 6.46. The SMILES string of the molecule is CCN[C@H](C)CNC(=O)COCCOc1ccccc1.Cl. The van der Waals surface area contributed by atoms with Gasteiger partial charge in [0.05, 0.1) is 6.61 Å². The van der Waals surface area contributed by atoms with Crippen LogP contribution in [-0.4, -0.2) is 44.9 Å². The average Bonchev–Trinajstić information content (AvgIpc) is 2.46. The number of carbonyl (C=O) groups is 1. The van der Waals surface area contributed by atoms with E-state index in [0.717, 1.165) is 12.3 Å². The summed E-state index contributed by atoms with van der Waals surface area (Å²) in [4.78, 5) is 11.5. The molecule has 1 atom stereocenters. The van der Waals surface area contributed by atoms with Crippen molar-refractivity contribution >= 4 is 18.3 Å². The molecule has 5 nitrogen and oxygen atoms in total. The number of carbonyl (C=O) groups excluding carboxylic acids is 1. The second kappa shape index (κ2) is 12.4. The molecule has 1 aromatic carbocycles. The number of amides is 1. The lowest BCUT2D eigenvalue weighted by molar-refractivity contribution is -0.126. The third-order valence-electron chi connectivity index (χ3n) is 2.63. The van der Waals surface area contributed by atoms with Gasteiger partial charge in [0.1, 0.15) is 19.0 Å². The zero-order chi connectivity index (χ0) is 14.6. The van der Waals surface area contributed by atoms with E-state index in [0.29, 0.717) is 19.8 Å². The van der Waals surface area contributed by atoms with E-state index in [9.17, 15) is 4.79 Å². The largest absolute Gasteiger partial charge is 0.491 e. The van der Waals surface area contributed by atoms with Crippen LogP contribution >= 0.6 is 12.4 Å². The molecule has 0 heterocycles. The topological polar surface area (TPSA) is 59.6 Å². The molecule has 0 aliphatic heterocycles. The van der Waals surface area contributed by atoms with Crippen molar-refractivity contribution in [2.75, 3.05) is 32.9 Å². The maximum absolute atomic E-state index is 11.5. The van der Waals surface area contributed by atoms with Crippen molar-refractivity contribution in [1.29, 1.82) is 0 Å². The summed E-state index contributed by atoms with van der Waals surface area (Å²) in [7, 11) is 0. The van der Waals surface area contributed by atoms with Gasteiger partial charge in [-0.05, 0) is 25.6 Å². The second-order valence-electron chi connectivity index (χ2n) is 4.48. The molecule has 0 aliphatic carbocycles. The molecule has 0 bridgehead atoms. The smallest absolute Gasteiger partial charge is 0.246 e. The predicted molar refractivity (Wildman–Crippen MR) is 86.2 cm³/mol. The molecular weight excluding hydrogens is 292 g/mol. The number of likely N-dealkylation sites (N-methyl/N-ethyl adjacent to an activating group) is 1. The van der Waals surface area contributed by atoms with Crippen LogP contribution in [0.25, 0.3) is 0 Å². The third kappa shape index (κ3) is 10.1. The van der Waals surface area contributed by atoms with Crippen LogP contribution in [0.15, 0.2) is 30.3 Å². The van der Waals surface area contributed by atoms with Crippen LogP contribution < -0.4 is 15.4 Å². The summed E-state index contributed by atoms with van der Waals surface area (Å²) >= 11 is 0. The molecule has 0 saturated heterocycles. The van der Waals surface area contributed by atoms with Gasteiger partial charge in [-0.3, -0.25) is 4.79 Å². The molecule has 1 amide bonds. The zero-order valence-corrected chi connectivity index (χ0v) is 13.4. The van der Waals surface area contributed by atoms with E-state index in [2.05, 4.69) is 10.6 Å². The second-order valence-corrected chi connectivity index (χ2v) is 4.48. The summed E-state index contributed by atoms with van der Waals surface area (Å²) in [5.41, 5.74) is 0. The van der Waals surface area contributed by atoms with Gasteiger partial charge in [-0.15, -0.1) is 12.4 Å². The Labute approximate surface area is 132 Å². The van der Waals surface area contributed by atoms with Crippen LogP contribution in [0.4, 0.5) is 0 Å². The fourth-order valence-electron chi connectivity index (χ4n) is 1.64. The van der Waals surface area contributed by atoms with Crippen molar-refractivity contribution in [1.82, 2.24) is 10.6 Å². The van der Waals surface area contributed by atoms with Gasteiger partial charge < -0.3 is 20.1 Å². The van der Waals surface area contributed by atoms with Crippen molar-refractivity contribution in [3.8, 4) is 5.75 Å². The maximum atomic E-state index is 11.5. The standard InChI is InChI=1S/C15H24N2O3.ClH/c1-3-16-13(2)11-17-15(18)12-19-9-10-20-14-7-5-4-6-8-14;/h4-8,13,16H,3,9-12H2,1-2H3,(H,17,18);1H/t13-;/m1./s1. The molecule has 2 N–H and O–H groups in total. The summed E-state index contributed by atoms with van der Waals surface area (Å²) in [6.07, 6.45) is 0. The van der Waals surface area contributed by atoms with Crippen molar-refractivity contribution in [2.45, 2.75) is 19.9 Å². The van der Waals surface area contributed by atoms with E-state index in [-0.39, 0.29) is 31.0 Å². The number of rotatable bonds is 10. The minimum Gasteiger partial charge on any atom is -0.491 e. The molecule has 0 fully saturated rings. The van der Waals surface area contributed by atoms with E-state index in [4.69, 9.17) is 9.47 Å². The quantitative estimate of drug-likeness (QED) is 0.644. The average molecular weight is 317 g/mol. The van der Waals surface area contributed by atoms with Gasteiger partial charge >= 0.3 is 0 Å². The minimum absolute atomic E-state index is 0. The molecule has 21 heavy (non-hydrogen) atoms. The number of nitrogens with one attached hydrogen (secondary N) is 2. The lowest BCUT2D eigenvalue weighted by atomic mass is 10.3. The Balaban J connectivity index is 0.00000400. The van der Waals surface area contributed by atoms with Crippen LogP contribution in [-0.2, 0) is 9.53 Å². The van der Waals surface area contributed by atoms with Crippen molar-refractivity contribution in [2.24, 2.45) is 0 Å². The van der Waals surface area contributed by atoms with Crippen LogP contribution in [0.1, 0.15) is 13.8 Å². The fraction of sp³-hybridized carbons (Fsp3) is 0.533. The molecule has 1 rings (SSSR count). The maximum Gasteiger partial charge on any atom is 0.246 e. The molecule has 0 spiro atoms. The first-order valence-electron chi connectivity index (χ1n) is 6.98. The van der Waals surface area contributed by atoms with E-state index in [1.807, 2.05) is 44.2 Å². The van der Waals surface area contributed by atoms with Gasteiger partial charge in [-0.2, -0.15) is 0 Å². The van der Waals surface area contributed by atoms with Gasteiger partial charge in [0.25, 0.3) is 0 Å². The summed E-state index contributed by atoms with van der Waals surface area (Å²) in [5.74, 6) is 0.703. The number of halogens is 1. The van der Waals surface area contributed by atoms with E-state index < -0.39 is 0 Å². The minimum atomic E-state index is -0.102. The lowest BCUT2D eigenvalue weighted by Crippen LogP contribution is -2.40. The van der Waals surface area contributed by atoms with Gasteiger partial charge in [0.15, 0.2) is 0 Å². The Morgan fingerprint density at radius 3 is 2.62 bits per heavy atom. The normalized spacial score (nSPS) is 11.3. The Kier molecular flexibility index (Phi) is 11.7. The highest BCUT2D eigenvalue weighted by Crippen LogP contribution is 2.07.